The highest BCUT2D eigenvalue weighted by atomic mass is 19.1. The Balaban J connectivity index is 2.11. The van der Waals surface area contributed by atoms with Crippen molar-refractivity contribution in [2.75, 3.05) is 13.7 Å². The predicted octanol–water partition coefficient (Wildman–Crippen LogP) is 3.39. The zero-order valence-corrected chi connectivity index (χ0v) is 12.4. The maximum absolute atomic E-state index is 13.6. The van der Waals surface area contributed by atoms with Crippen LogP contribution in [0.15, 0.2) is 42.5 Å². The van der Waals surface area contributed by atoms with Gasteiger partial charge in [-0.3, -0.25) is 4.79 Å². The summed E-state index contributed by atoms with van der Waals surface area (Å²) in [6.07, 6.45) is -0.389. The smallest absolute Gasteiger partial charge is 0.257 e. The summed E-state index contributed by atoms with van der Waals surface area (Å²) in [6, 6.07) is 10.9. The Kier molecular flexibility index (Phi) is 5.22. The van der Waals surface area contributed by atoms with E-state index in [1.54, 1.807) is 0 Å². The molecule has 3 nitrogen and oxygen atoms in total. The largest absolute Gasteiger partial charge is 0.375 e. The summed E-state index contributed by atoms with van der Waals surface area (Å²) in [4.78, 5) is 12.0. The molecule has 2 rings (SSSR count). The first-order chi connectivity index (χ1) is 10.5. The van der Waals surface area contributed by atoms with Crippen molar-refractivity contribution in [3.8, 4) is 0 Å². The molecule has 0 radical (unpaired) electrons. The monoisotopic (exact) mass is 305 g/mol. The molecular weight excluding hydrogens is 288 g/mol. The van der Waals surface area contributed by atoms with Gasteiger partial charge in [-0.15, -0.1) is 0 Å². The second kappa shape index (κ2) is 7.13. The average Bonchev–Trinajstić information content (AvgIpc) is 2.49. The first kappa shape index (κ1) is 16.1. The topological polar surface area (TPSA) is 38.3 Å². The molecule has 0 aliphatic heterocycles. The summed E-state index contributed by atoms with van der Waals surface area (Å²) < 4.78 is 32.5. The van der Waals surface area contributed by atoms with E-state index >= 15 is 0 Å². The van der Waals surface area contributed by atoms with Gasteiger partial charge in [-0.2, -0.15) is 0 Å². The highest BCUT2D eigenvalue weighted by molar-refractivity contribution is 5.94. The molecule has 116 valence electrons. The van der Waals surface area contributed by atoms with Crippen molar-refractivity contribution < 1.29 is 18.3 Å². The molecule has 2 aromatic carbocycles. The van der Waals surface area contributed by atoms with Gasteiger partial charge in [0.2, 0.25) is 0 Å². The van der Waals surface area contributed by atoms with Crippen molar-refractivity contribution in [3.63, 3.8) is 0 Å². The van der Waals surface area contributed by atoms with Crippen molar-refractivity contribution in [3.05, 3.63) is 70.8 Å². The molecule has 0 unspecified atom stereocenters. The number of carbonyl (C=O) groups is 1. The first-order valence-corrected chi connectivity index (χ1v) is 6.85. The molecule has 1 atom stereocenters. The minimum absolute atomic E-state index is 0.119. The van der Waals surface area contributed by atoms with E-state index in [4.69, 9.17) is 4.74 Å². The highest BCUT2D eigenvalue weighted by Crippen LogP contribution is 2.20. The van der Waals surface area contributed by atoms with Crippen LogP contribution in [0, 0.1) is 18.6 Å². The Bertz CT molecular complexity index is 653. The van der Waals surface area contributed by atoms with Gasteiger partial charge in [-0.25, -0.2) is 8.78 Å². The zero-order chi connectivity index (χ0) is 16.1. The van der Waals surface area contributed by atoms with E-state index in [-0.39, 0.29) is 12.6 Å². The lowest BCUT2D eigenvalue weighted by molar-refractivity contribution is 0.0819. The van der Waals surface area contributed by atoms with Crippen LogP contribution in [0.25, 0.3) is 0 Å². The maximum atomic E-state index is 13.6. The number of hydrogen-bond donors (Lipinski definition) is 1. The SMILES string of the molecule is CO[C@H](CNC(=O)c1c(F)cccc1F)c1ccccc1C. The molecule has 5 heteroatoms. The molecule has 0 fully saturated rings. The Morgan fingerprint density at radius 3 is 2.36 bits per heavy atom. The van der Waals surface area contributed by atoms with Crippen LogP contribution in [-0.4, -0.2) is 19.6 Å². The molecule has 0 heterocycles. The van der Waals surface area contributed by atoms with E-state index in [2.05, 4.69) is 5.32 Å². The van der Waals surface area contributed by atoms with Crippen LogP contribution in [0.2, 0.25) is 0 Å². The molecule has 2 aromatic rings. The van der Waals surface area contributed by atoms with Crippen molar-refractivity contribution >= 4 is 5.91 Å². The average molecular weight is 305 g/mol. The number of aryl methyl sites for hydroxylation is 1. The quantitative estimate of drug-likeness (QED) is 0.919. The van der Waals surface area contributed by atoms with Crippen LogP contribution in [0.1, 0.15) is 27.6 Å². The van der Waals surface area contributed by atoms with Gasteiger partial charge in [-0.05, 0) is 30.2 Å². The van der Waals surface area contributed by atoms with Gasteiger partial charge in [0.05, 0.1) is 6.10 Å². The van der Waals surface area contributed by atoms with Gasteiger partial charge >= 0.3 is 0 Å². The molecule has 0 aliphatic carbocycles. The second-order valence-corrected chi connectivity index (χ2v) is 4.89. The Morgan fingerprint density at radius 1 is 1.14 bits per heavy atom. The number of carbonyl (C=O) groups excluding carboxylic acids is 1. The zero-order valence-electron chi connectivity index (χ0n) is 12.4. The Hall–Kier alpha value is -2.27. The number of hydrogen-bond acceptors (Lipinski definition) is 2. The standard InChI is InChI=1S/C17H17F2NO2/c1-11-6-3-4-7-12(11)15(22-2)10-20-17(21)16-13(18)8-5-9-14(16)19/h3-9,15H,10H2,1-2H3,(H,20,21)/t15-/m1/s1. The van der Waals surface area contributed by atoms with E-state index in [0.29, 0.717) is 0 Å². The summed E-state index contributed by atoms with van der Waals surface area (Å²) in [5.74, 6) is -2.57. The molecule has 0 spiro atoms. The molecule has 0 saturated heterocycles. The minimum Gasteiger partial charge on any atom is -0.375 e. The van der Waals surface area contributed by atoms with Crippen LogP contribution in [0.4, 0.5) is 8.78 Å². The number of amides is 1. The third-order valence-electron chi connectivity index (χ3n) is 3.46. The summed E-state index contributed by atoms with van der Waals surface area (Å²) in [7, 11) is 1.52. The third-order valence-corrected chi connectivity index (χ3v) is 3.46. The number of halogens is 2. The van der Waals surface area contributed by atoms with E-state index in [1.165, 1.54) is 13.2 Å². The van der Waals surface area contributed by atoms with Crippen molar-refractivity contribution in [1.29, 1.82) is 0 Å². The van der Waals surface area contributed by atoms with E-state index < -0.39 is 23.1 Å². The number of ether oxygens (including phenoxy) is 1. The van der Waals surface area contributed by atoms with Crippen LogP contribution in [-0.2, 0) is 4.74 Å². The lowest BCUT2D eigenvalue weighted by Crippen LogP contribution is -2.30. The molecule has 0 aromatic heterocycles. The van der Waals surface area contributed by atoms with Gasteiger partial charge in [0.15, 0.2) is 0 Å². The normalized spacial score (nSPS) is 12.0. The van der Waals surface area contributed by atoms with E-state index in [0.717, 1.165) is 23.3 Å². The molecule has 1 amide bonds. The summed E-state index contributed by atoms with van der Waals surface area (Å²) >= 11 is 0. The fourth-order valence-electron chi connectivity index (χ4n) is 2.26. The van der Waals surface area contributed by atoms with Gasteiger partial charge < -0.3 is 10.1 Å². The van der Waals surface area contributed by atoms with Crippen LogP contribution in [0.5, 0.6) is 0 Å². The van der Waals surface area contributed by atoms with E-state index in [9.17, 15) is 13.6 Å². The number of nitrogens with one attached hydrogen (secondary N) is 1. The first-order valence-electron chi connectivity index (χ1n) is 6.85. The minimum atomic E-state index is -0.887. The fraction of sp³-hybridized carbons (Fsp3) is 0.235. The summed E-state index contributed by atoms with van der Waals surface area (Å²) in [5, 5.41) is 2.51. The van der Waals surface area contributed by atoms with Crippen molar-refractivity contribution in [2.24, 2.45) is 0 Å². The van der Waals surface area contributed by atoms with Gasteiger partial charge in [0, 0.05) is 13.7 Å². The number of rotatable bonds is 5. The van der Waals surface area contributed by atoms with Crippen LogP contribution >= 0.6 is 0 Å². The molecule has 0 saturated carbocycles. The Morgan fingerprint density at radius 2 is 1.77 bits per heavy atom. The lowest BCUT2D eigenvalue weighted by atomic mass is 10.0. The highest BCUT2D eigenvalue weighted by Gasteiger charge is 2.19. The molecular formula is C17H17F2NO2. The number of benzene rings is 2. The van der Waals surface area contributed by atoms with Gasteiger partial charge in [-0.1, -0.05) is 30.3 Å². The maximum Gasteiger partial charge on any atom is 0.257 e. The predicted molar refractivity (Wildman–Crippen MR) is 79.6 cm³/mol. The lowest BCUT2D eigenvalue weighted by Gasteiger charge is -2.18. The van der Waals surface area contributed by atoms with Crippen molar-refractivity contribution in [1.82, 2.24) is 5.32 Å². The summed E-state index contributed by atoms with van der Waals surface area (Å²) in [5.41, 5.74) is 1.35. The third kappa shape index (κ3) is 3.49. The molecule has 1 N–H and O–H groups in total. The van der Waals surface area contributed by atoms with E-state index in [1.807, 2.05) is 31.2 Å². The van der Waals surface area contributed by atoms with Crippen LogP contribution in [0.3, 0.4) is 0 Å². The van der Waals surface area contributed by atoms with Crippen molar-refractivity contribution in [2.45, 2.75) is 13.0 Å². The van der Waals surface area contributed by atoms with Gasteiger partial charge in [0.1, 0.15) is 17.2 Å². The Labute approximate surface area is 127 Å². The summed E-state index contributed by atoms with van der Waals surface area (Å²) in [6.45, 7) is 2.05. The molecule has 0 aliphatic rings. The molecule has 22 heavy (non-hydrogen) atoms. The fourth-order valence-corrected chi connectivity index (χ4v) is 2.26. The van der Waals surface area contributed by atoms with Gasteiger partial charge in [0.25, 0.3) is 5.91 Å². The molecule has 0 bridgehead atoms. The van der Waals surface area contributed by atoms with Crippen LogP contribution < -0.4 is 5.32 Å². The number of methoxy groups -OCH3 is 1. The second-order valence-electron chi connectivity index (χ2n) is 4.89.